The molecule has 1 aromatic rings. The quantitative estimate of drug-likeness (QED) is 0.927. The highest BCUT2D eigenvalue weighted by molar-refractivity contribution is 5.85. The molecule has 0 radical (unpaired) electrons. The predicted molar refractivity (Wildman–Crippen MR) is 80.2 cm³/mol. The van der Waals surface area contributed by atoms with E-state index in [1.165, 1.54) is 0 Å². The monoisotopic (exact) mass is 282 g/mol. The first kappa shape index (κ1) is 16.0. The summed E-state index contributed by atoms with van der Waals surface area (Å²) in [5, 5.41) is 0. The van der Waals surface area contributed by atoms with Gasteiger partial charge in [-0.15, -0.1) is 12.4 Å². The Bertz CT molecular complexity index is 388. The van der Waals surface area contributed by atoms with Crippen LogP contribution in [0.2, 0.25) is 0 Å². The van der Waals surface area contributed by atoms with Crippen LogP contribution in [0.15, 0.2) is 30.3 Å². The van der Waals surface area contributed by atoms with Crippen molar-refractivity contribution in [1.29, 1.82) is 0 Å². The van der Waals surface area contributed by atoms with Crippen molar-refractivity contribution in [2.45, 2.75) is 32.2 Å². The number of likely N-dealkylation sites (tertiary alicyclic amines) is 1. The molecule has 0 aliphatic carbocycles. The Morgan fingerprint density at radius 1 is 1.32 bits per heavy atom. The van der Waals surface area contributed by atoms with Crippen LogP contribution in [0.4, 0.5) is 0 Å². The summed E-state index contributed by atoms with van der Waals surface area (Å²) in [4.78, 5) is 14.1. The minimum absolute atomic E-state index is 0. The third kappa shape index (κ3) is 4.51. The van der Waals surface area contributed by atoms with E-state index in [1.54, 1.807) is 0 Å². The van der Waals surface area contributed by atoms with E-state index in [4.69, 9.17) is 5.73 Å². The Hall–Kier alpha value is -1.06. The summed E-state index contributed by atoms with van der Waals surface area (Å²) in [6, 6.07) is 9.67. The minimum Gasteiger partial charge on any atom is -0.343 e. The maximum atomic E-state index is 12.1. The average Bonchev–Trinajstić information content (AvgIpc) is 2.40. The lowest BCUT2D eigenvalue weighted by molar-refractivity contribution is -0.132. The van der Waals surface area contributed by atoms with E-state index in [0.717, 1.165) is 37.4 Å². The molecule has 4 heteroatoms. The highest BCUT2D eigenvalue weighted by Gasteiger charge is 2.22. The molecule has 106 valence electrons. The number of carbonyl (C=O) groups excluding carboxylic acids is 1. The van der Waals surface area contributed by atoms with Gasteiger partial charge >= 0.3 is 0 Å². The van der Waals surface area contributed by atoms with Crippen LogP contribution in [0.5, 0.6) is 0 Å². The van der Waals surface area contributed by atoms with E-state index >= 15 is 0 Å². The lowest BCUT2D eigenvalue weighted by Gasteiger charge is -2.31. The number of benzene rings is 1. The Kier molecular flexibility index (Phi) is 6.32. The molecule has 1 fully saturated rings. The maximum absolute atomic E-state index is 12.1. The average molecular weight is 283 g/mol. The van der Waals surface area contributed by atoms with Crippen LogP contribution in [0.25, 0.3) is 0 Å². The molecule has 0 aromatic heterocycles. The standard InChI is InChI=1S/C15H22N2O.ClH/c1-12-7-9-17(10-8-12)15(18)11-14(16)13-5-3-2-4-6-13;/h2-6,12,14H,7-11,16H2,1H3;1H. The molecule has 2 N–H and O–H groups in total. The number of piperidine rings is 1. The number of amides is 1. The van der Waals surface area contributed by atoms with Gasteiger partial charge in [0.1, 0.15) is 0 Å². The van der Waals surface area contributed by atoms with Crippen LogP contribution >= 0.6 is 12.4 Å². The van der Waals surface area contributed by atoms with Crippen molar-refractivity contribution >= 4 is 18.3 Å². The molecule has 1 aliphatic rings. The maximum Gasteiger partial charge on any atom is 0.224 e. The van der Waals surface area contributed by atoms with Gasteiger partial charge < -0.3 is 10.6 Å². The van der Waals surface area contributed by atoms with Crippen LogP contribution < -0.4 is 5.73 Å². The fourth-order valence-corrected chi connectivity index (χ4v) is 2.39. The molecule has 1 atom stereocenters. The SMILES string of the molecule is CC1CCN(C(=O)CC(N)c2ccccc2)CC1.Cl. The zero-order valence-electron chi connectivity index (χ0n) is 11.4. The van der Waals surface area contributed by atoms with Gasteiger partial charge in [-0.25, -0.2) is 0 Å². The first-order valence-electron chi connectivity index (χ1n) is 6.75. The number of rotatable bonds is 3. The summed E-state index contributed by atoms with van der Waals surface area (Å²) in [6.45, 7) is 4.03. The number of hydrogen-bond donors (Lipinski definition) is 1. The van der Waals surface area contributed by atoms with Gasteiger partial charge in [-0.3, -0.25) is 4.79 Å². The van der Waals surface area contributed by atoms with Crippen LogP contribution in [0.1, 0.15) is 37.8 Å². The van der Waals surface area contributed by atoms with Crippen molar-refractivity contribution in [3.63, 3.8) is 0 Å². The van der Waals surface area contributed by atoms with Gasteiger partial charge in [-0.1, -0.05) is 37.3 Å². The molecule has 1 unspecified atom stereocenters. The lowest BCUT2D eigenvalue weighted by Crippen LogP contribution is -2.39. The summed E-state index contributed by atoms with van der Waals surface area (Å²) >= 11 is 0. The largest absolute Gasteiger partial charge is 0.343 e. The molecular weight excluding hydrogens is 260 g/mol. The molecule has 3 nitrogen and oxygen atoms in total. The number of nitrogens with two attached hydrogens (primary N) is 1. The second kappa shape index (κ2) is 7.51. The fourth-order valence-electron chi connectivity index (χ4n) is 2.39. The first-order chi connectivity index (χ1) is 8.66. The minimum atomic E-state index is -0.182. The Morgan fingerprint density at radius 3 is 2.47 bits per heavy atom. The summed E-state index contributed by atoms with van der Waals surface area (Å²) in [7, 11) is 0. The van der Waals surface area contributed by atoms with Crippen molar-refractivity contribution in [3.8, 4) is 0 Å². The van der Waals surface area contributed by atoms with Crippen molar-refractivity contribution in [3.05, 3.63) is 35.9 Å². The third-order valence-corrected chi connectivity index (χ3v) is 3.76. The zero-order chi connectivity index (χ0) is 13.0. The zero-order valence-corrected chi connectivity index (χ0v) is 12.2. The van der Waals surface area contributed by atoms with Crippen molar-refractivity contribution < 1.29 is 4.79 Å². The van der Waals surface area contributed by atoms with Gasteiger partial charge in [-0.05, 0) is 24.3 Å². The molecule has 2 rings (SSSR count). The smallest absolute Gasteiger partial charge is 0.224 e. The van der Waals surface area contributed by atoms with E-state index < -0.39 is 0 Å². The fraction of sp³-hybridized carbons (Fsp3) is 0.533. The van der Waals surface area contributed by atoms with Crippen molar-refractivity contribution in [2.75, 3.05) is 13.1 Å². The molecular formula is C15H23ClN2O. The molecule has 0 saturated carbocycles. The van der Waals surface area contributed by atoms with E-state index in [0.29, 0.717) is 6.42 Å². The highest BCUT2D eigenvalue weighted by atomic mass is 35.5. The molecule has 19 heavy (non-hydrogen) atoms. The number of nitrogens with zero attached hydrogens (tertiary/aromatic N) is 1. The van der Waals surface area contributed by atoms with E-state index in [9.17, 15) is 4.79 Å². The van der Waals surface area contributed by atoms with Crippen LogP contribution in [0, 0.1) is 5.92 Å². The van der Waals surface area contributed by atoms with E-state index in [2.05, 4.69) is 6.92 Å². The van der Waals surface area contributed by atoms with Crippen molar-refractivity contribution in [1.82, 2.24) is 4.90 Å². The Labute approximate surface area is 121 Å². The lowest BCUT2D eigenvalue weighted by atomic mass is 9.98. The Balaban J connectivity index is 0.00000180. The predicted octanol–water partition coefficient (Wildman–Crippen LogP) is 2.76. The highest BCUT2D eigenvalue weighted by Crippen LogP contribution is 2.19. The van der Waals surface area contributed by atoms with Gasteiger partial charge in [0.15, 0.2) is 0 Å². The summed E-state index contributed by atoms with van der Waals surface area (Å²) in [5.41, 5.74) is 7.12. The number of hydrogen-bond acceptors (Lipinski definition) is 2. The normalized spacial score (nSPS) is 17.7. The third-order valence-electron chi connectivity index (χ3n) is 3.76. The summed E-state index contributed by atoms with van der Waals surface area (Å²) < 4.78 is 0. The molecule has 0 bridgehead atoms. The van der Waals surface area contributed by atoms with Crippen molar-refractivity contribution in [2.24, 2.45) is 11.7 Å². The van der Waals surface area contributed by atoms with Crippen LogP contribution in [0.3, 0.4) is 0 Å². The van der Waals surface area contributed by atoms with Gasteiger partial charge in [-0.2, -0.15) is 0 Å². The van der Waals surface area contributed by atoms with Gasteiger partial charge in [0.25, 0.3) is 0 Å². The number of carbonyl (C=O) groups is 1. The van der Waals surface area contributed by atoms with Gasteiger partial charge in [0, 0.05) is 25.6 Å². The topological polar surface area (TPSA) is 46.3 Å². The molecule has 0 spiro atoms. The van der Waals surface area contributed by atoms with E-state index in [1.807, 2.05) is 35.2 Å². The molecule has 1 heterocycles. The molecule has 1 saturated heterocycles. The Morgan fingerprint density at radius 2 is 1.89 bits per heavy atom. The molecule has 1 amide bonds. The van der Waals surface area contributed by atoms with Gasteiger partial charge in [0.05, 0.1) is 0 Å². The summed E-state index contributed by atoms with van der Waals surface area (Å²) in [6.07, 6.45) is 2.65. The molecule has 1 aromatic carbocycles. The van der Waals surface area contributed by atoms with Crippen LogP contribution in [-0.4, -0.2) is 23.9 Å². The molecule has 1 aliphatic heterocycles. The first-order valence-corrected chi connectivity index (χ1v) is 6.75. The van der Waals surface area contributed by atoms with E-state index in [-0.39, 0.29) is 24.4 Å². The second-order valence-corrected chi connectivity index (χ2v) is 5.28. The van der Waals surface area contributed by atoms with Gasteiger partial charge in [0.2, 0.25) is 5.91 Å². The summed E-state index contributed by atoms with van der Waals surface area (Å²) in [5.74, 6) is 0.940. The number of halogens is 1. The van der Waals surface area contributed by atoms with Crippen LogP contribution in [-0.2, 0) is 4.79 Å². The second-order valence-electron chi connectivity index (χ2n) is 5.28.